The van der Waals surface area contributed by atoms with Crippen molar-refractivity contribution < 1.29 is 0 Å². The van der Waals surface area contributed by atoms with Crippen molar-refractivity contribution in [2.45, 2.75) is 0 Å². The Kier molecular flexibility index (Phi) is 4.02. The minimum atomic E-state index is 1.08. The zero-order valence-corrected chi connectivity index (χ0v) is 19.3. The molecule has 0 unspecified atom stereocenters. The molecule has 0 aliphatic heterocycles. The maximum atomic E-state index is 3.93. The second-order valence-electron chi connectivity index (χ2n) is 8.38. The molecule has 0 saturated carbocycles. The van der Waals surface area contributed by atoms with Crippen molar-refractivity contribution in [3.05, 3.63) is 120 Å². The highest BCUT2D eigenvalue weighted by Gasteiger charge is 2.18. The molecule has 0 radical (unpaired) electrons. The Bertz CT molecular complexity index is 1770. The zero-order chi connectivity index (χ0) is 21.9. The molecule has 7 aromatic rings. The Hall–Kier alpha value is -3.82. The van der Waals surface area contributed by atoms with Gasteiger partial charge in [0.15, 0.2) is 0 Å². The first-order chi connectivity index (χ1) is 16.3. The Morgan fingerprint density at radius 1 is 0.424 bits per heavy atom. The van der Waals surface area contributed by atoms with E-state index in [1.807, 2.05) is 0 Å². The number of nitrogens with zero attached hydrogens (tertiary/aromatic N) is 2. The molecule has 0 atom stereocenters. The van der Waals surface area contributed by atoms with Crippen LogP contribution in [0.3, 0.4) is 0 Å². The van der Waals surface area contributed by atoms with Gasteiger partial charge in [0.05, 0.1) is 27.8 Å². The zero-order valence-electron chi connectivity index (χ0n) is 17.7. The first-order valence-corrected chi connectivity index (χ1v) is 11.9. The van der Waals surface area contributed by atoms with Crippen molar-refractivity contribution in [2.75, 3.05) is 0 Å². The minimum absolute atomic E-state index is 1.08. The quantitative estimate of drug-likeness (QED) is 0.231. The van der Waals surface area contributed by atoms with Crippen molar-refractivity contribution in [2.24, 2.45) is 0 Å². The highest BCUT2D eigenvalue weighted by Crippen LogP contribution is 2.39. The molecule has 2 heterocycles. The first kappa shape index (κ1) is 18.7. The highest BCUT2D eigenvalue weighted by molar-refractivity contribution is 9.10. The summed E-state index contributed by atoms with van der Waals surface area (Å²) in [7, 11) is 0. The summed E-state index contributed by atoms with van der Waals surface area (Å²) in [6, 6.07) is 41.2. The lowest BCUT2D eigenvalue weighted by Gasteiger charge is -2.13. The van der Waals surface area contributed by atoms with E-state index in [0.717, 1.165) is 10.2 Å². The maximum absolute atomic E-state index is 3.93. The number of aromatic nitrogens is 2. The van der Waals surface area contributed by atoms with Gasteiger partial charge in [-0.3, -0.25) is 0 Å². The predicted molar refractivity (Wildman–Crippen MR) is 143 cm³/mol. The molecule has 33 heavy (non-hydrogen) atoms. The topological polar surface area (TPSA) is 9.86 Å². The smallest absolute Gasteiger partial charge is 0.0625 e. The second-order valence-corrected chi connectivity index (χ2v) is 9.23. The molecule has 0 aliphatic rings. The molecule has 0 saturated heterocycles. The van der Waals surface area contributed by atoms with Crippen molar-refractivity contribution in [1.29, 1.82) is 0 Å². The van der Waals surface area contributed by atoms with Gasteiger partial charge in [-0.05, 0) is 58.4 Å². The van der Waals surface area contributed by atoms with Crippen LogP contribution in [0.15, 0.2) is 120 Å². The Morgan fingerprint density at radius 2 is 0.909 bits per heavy atom. The van der Waals surface area contributed by atoms with Crippen LogP contribution < -0.4 is 0 Å². The summed E-state index contributed by atoms with van der Waals surface area (Å²) in [6.45, 7) is 0. The number of para-hydroxylation sites is 4. The van der Waals surface area contributed by atoms with Gasteiger partial charge in [-0.25, -0.2) is 0 Å². The fourth-order valence-corrected chi connectivity index (χ4v) is 5.71. The Labute approximate surface area is 199 Å². The summed E-state index contributed by atoms with van der Waals surface area (Å²) >= 11 is 3.93. The normalized spacial score (nSPS) is 11.8. The summed E-state index contributed by atoms with van der Waals surface area (Å²) in [5.74, 6) is 0. The molecule has 0 bridgehead atoms. The molecule has 0 fully saturated rings. The molecule has 2 aromatic heterocycles. The van der Waals surface area contributed by atoms with Gasteiger partial charge in [-0.1, -0.05) is 72.8 Å². The third-order valence-electron chi connectivity index (χ3n) is 6.58. The van der Waals surface area contributed by atoms with E-state index in [1.54, 1.807) is 0 Å². The maximum Gasteiger partial charge on any atom is 0.0625 e. The number of hydrogen-bond acceptors (Lipinski definition) is 0. The van der Waals surface area contributed by atoms with E-state index in [9.17, 15) is 0 Å². The van der Waals surface area contributed by atoms with Gasteiger partial charge in [0.1, 0.15) is 0 Å². The molecular weight excluding hydrogens is 468 g/mol. The van der Waals surface area contributed by atoms with E-state index in [2.05, 4.69) is 140 Å². The van der Waals surface area contributed by atoms with Crippen molar-refractivity contribution in [3.63, 3.8) is 0 Å². The van der Waals surface area contributed by atoms with Crippen LogP contribution in [0.4, 0.5) is 0 Å². The second kappa shape index (κ2) is 7.09. The van der Waals surface area contributed by atoms with Crippen molar-refractivity contribution in [3.8, 4) is 11.4 Å². The third-order valence-corrected chi connectivity index (χ3v) is 7.21. The molecule has 156 valence electrons. The van der Waals surface area contributed by atoms with Gasteiger partial charge in [-0.2, -0.15) is 0 Å². The van der Waals surface area contributed by atoms with E-state index in [-0.39, 0.29) is 0 Å². The lowest BCUT2D eigenvalue weighted by Crippen LogP contribution is -1.98. The molecule has 0 N–H and O–H groups in total. The molecular formula is C30H19BrN2. The average molecular weight is 487 g/mol. The van der Waals surface area contributed by atoms with E-state index < -0.39 is 0 Å². The monoisotopic (exact) mass is 486 g/mol. The van der Waals surface area contributed by atoms with Gasteiger partial charge >= 0.3 is 0 Å². The third kappa shape index (κ3) is 2.66. The molecule has 0 spiro atoms. The van der Waals surface area contributed by atoms with Crippen molar-refractivity contribution in [1.82, 2.24) is 9.13 Å². The van der Waals surface area contributed by atoms with Gasteiger partial charge in [0.25, 0.3) is 0 Å². The summed E-state index contributed by atoms with van der Waals surface area (Å²) in [4.78, 5) is 0. The van der Waals surface area contributed by atoms with Crippen LogP contribution >= 0.6 is 15.9 Å². The number of rotatable bonds is 2. The van der Waals surface area contributed by atoms with Gasteiger partial charge in [-0.15, -0.1) is 0 Å². The summed E-state index contributed by atoms with van der Waals surface area (Å²) < 4.78 is 5.83. The molecule has 5 aromatic carbocycles. The fraction of sp³-hybridized carbons (Fsp3) is 0. The van der Waals surface area contributed by atoms with Gasteiger partial charge in [0.2, 0.25) is 0 Å². The molecule has 3 heteroatoms. The van der Waals surface area contributed by atoms with Crippen LogP contribution in [0.1, 0.15) is 0 Å². The van der Waals surface area contributed by atoms with Crippen molar-refractivity contribution >= 4 is 59.5 Å². The van der Waals surface area contributed by atoms with E-state index >= 15 is 0 Å². The molecule has 7 rings (SSSR count). The van der Waals surface area contributed by atoms with Crippen LogP contribution in [0.2, 0.25) is 0 Å². The minimum Gasteiger partial charge on any atom is -0.309 e. The average Bonchev–Trinajstić information content (AvgIpc) is 3.37. The standard InChI is InChI=1S/C30H19BrN2/c31-25-18-24-23-14-6-7-15-26(23)32(20-10-2-1-3-11-20)29(24)19-30(25)33-27-16-8-4-12-21(27)22-13-5-9-17-28(22)33/h1-19H. The van der Waals surface area contributed by atoms with Gasteiger partial charge in [0, 0.05) is 31.7 Å². The number of hydrogen-bond donors (Lipinski definition) is 0. The summed E-state index contributed by atoms with van der Waals surface area (Å²) in [5.41, 5.74) is 7.13. The SMILES string of the molecule is Brc1cc2c3ccccc3n(-c3ccccc3)c2cc1-n1c2ccccc2c2ccccc21. The van der Waals surface area contributed by atoms with Crippen LogP contribution in [0, 0.1) is 0 Å². The number of benzene rings is 5. The lowest BCUT2D eigenvalue weighted by atomic mass is 10.1. The van der Waals surface area contributed by atoms with Crippen LogP contribution in [-0.2, 0) is 0 Å². The van der Waals surface area contributed by atoms with E-state index in [4.69, 9.17) is 0 Å². The highest BCUT2D eigenvalue weighted by atomic mass is 79.9. The van der Waals surface area contributed by atoms with Crippen LogP contribution in [0.5, 0.6) is 0 Å². The summed E-state index contributed by atoms with van der Waals surface area (Å²) in [6.07, 6.45) is 0. The molecule has 0 aliphatic carbocycles. The summed E-state index contributed by atoms with van der Waals surface area (Å²) in [5, 5.41) is 5.03. The Morgan fingerprint density at radius 3 is 1.52 bits per heavy atom. The Balaban J connectivity index is 1.65. The van der Waals surface area contributed by atoms with Crippen LogP contribution in [-0.4, -0.2) is 9.13 Å². The number of fused-ring (bicyclic) bond motifs is 6. The predicted octanol–water partition coefficient (Wildman–Crippen LogP) is 8.64. The molecule has 0 amide bonds. The van der Waals surface area contributed by atoms with Crippen LogP contribution in [0.25, 0.3) is 55.0 Å². The fourth-order valence-electron chi connectivity index (χ4n) is 5.19. The largest absolute Gasteiger partial charge is 0.309 e. The van der Waals surface area contributed by atoms with Gasteiger partial charge < -0.3 is 9.13 Å². The van der Waals surface area contributed by atoms with E-state index in [1.165, 1.54) is 49.3 Å². The first-order valence-electron chi connectivity index (χ1n) is 11.1. The molecule has 2 nitrogen and oxygen atoms in total. The number of halogens is 1. The lowest BCUT2D eigenvalue weighted by molar-refractivity contribution is 1.15. The van der Waals surface area contributed by atoms with E-state index in [0.29, 0.717) is 0 Å².